The fourth-order valence-corrected chi connectivity index (χ4v) is 7.08. The van der Waals surface area contributed by atoms with Crippen LogP contribution in [0.5, 0.6) is 0 Å². The van der Waals surface area contributed by atoms with Crippen molar-refractivity contribution in [3.63, 3.8) is 0 Å². The summed E-state index contributed by atoms with van der Waals surface area (Å²) in [5.41, 5.74) is 3.11. The summed E-state index contributed by atoms with van der Waals surface area (Å²) in [4.78, 5) is 0.775. The van der Waals surface area contributed by atoms with E-state index in [1.54, 1.807) is 30.3 Å². The maximum absolute atomic E-state index is 9.73. The highest BCUT2D eigenvalue weighted by atomic mass is 15.1. The van der Waals surface area contributed by atoms with Gasteiger partial charge in [0.2, 0.25) is 0 Å². The summed E-state index contributed by atoms with van der Waals surface area (Å²) in [5, 5.41) is 0.950. The minimum Gasteiger partial charge on any atom is -0.310 e. The molecule has 0 N–H and O–H groups in total. The van der Waals surface area contributed by atoms with Crippen LogP contribution < -0.4 is 4.90 Å². The van der Waals surface area contributed by atoms with Crippen LogP contribution in [0.4, 0.5) is 17.1 Å². The third-order valence-corrected chi connectivity index (χ3v) is 9.90. The molecule has 0 fully saturated rings. The Labute approximate surface area is 355 Å². The van der Waals surface area contributed by atoms with Gasteiger partial charge in [-0.2, -0.15) is 0 Å². The van der Waals surface area contributed by atoms with Crippen LogP contribution >= 0.6 is 0 Å². The van der Waals surface area contributed by atoms with E-state index >= 15 is 0 Å². The highest BCUT2D eigenvalue weighted by Gasteiger charge is 2.17. The Morgan fingerprint density at radius 3 is 1.53 bits per heavy atom. The molecular formula is C56H39N. The van der Waals surface area contributed by atoms with E-state index in [2.05, 4.69) is 0 Å². The molecule has 0 amide bonds. The van der Waals surface area contributed by atoms with Crippen LogP contribution in [0.25, 0.3) is 77.2 Å². The summed E-state index contributed by atoms with van der Waals surface area (Å²) >= 11 is 0. The van der Waals surface area contributed by atoms with Crippen LogP contribution in [0.3, 0.4) is 0 Å². The molecule has 10 aromatic rings. The van der Waals surface area contributed by atoms with Crippen molar-refractivity contribution in [2.75, 3.05) is 4.90 Å². The maximum atomic E-state index is 9.73. The van der Waals surface area contributed by atoms with E-state index < -0.39 is 118 Å². The van der Waals surface area contributed by atoms with Gasteiger partial charge < -0.3 is 4.90 Å². The number of nitrogens with zero attached hydrogens (tertiary/aromatic N) is 1. The third-order valence-electron chi connectivity index (χ3n) is 9.90. The molecule has 0 unspecified atom stereocenters. The van der Waals surface area contributed by atoms with Crippen molar-refractivity contribution in [3.8, 4) is 55.6 Å². The minimum atomic E-state index is -0.869. The van der Waals surface area contributed by atoms with Gasteiger partial charge in [-0.15, -0.1) is 0 Å². The molecule has 0 atom stereocenters. The summed E-state index contributed by atoms with van der Waals surface area (Å²) in [6, 6.07) is 34.0. The van der Waals surface area contributed by atoms with Crippen molar-refractivity contribution in [1.82, 2.24) is 0 Å². The number of rotatable bonds is 8. The van der Waals surface area contributed by atoms with Gasteiger partial charge in [-0.1, -0.05) is 188 Å². The molecule has 0 aliphatic heterocycles. The number of benzene rings is 10. The Morgan fingerprint density at radius 2 is 0.825 bits per heavy atom. The zero-order valence-corrected chi connectivity index (χ0v) is 30.3. The quantitative estimate of drug-likeness (QED) is 0.150. The molecule has 0 heterocycles. The number of anilines is 3. The standard InChI is InChI=1S/C56H39N/c1-3-14-43(15-4-1)53-36-31-50(39-55(53)45-16-5-2-6-17-45)42-29-34-52(35-30-42)57(56-24-12-20-44-18-9-10-23-54(44)56)51-32-27-41(28-33-51)47-21-11-22-48(37-47)49-26-25-40-13-7-8-19-46(40)38-49/h1-39H/i9D,10D,12D,18D,20D,23D,24D,27D,28D,29D,30D,32D,33D,34D,35D. The van der Waals surface area contributed by atoms with Crippen molar-refractivity contribution in [1.29, 1.82) is 0 Å². The molecule has 1 heteroatoms. The molecule has 268 valence electrons. The number of hydrogen-bond donors (Lipinski definition) is 0. The van der Waals surface area contributed by atoms with Gasteiger partial charge in [-0.05, 0) is 120 Å². The number of hydrogen-bond acceptors (Lipinski definition) is 1. The highest BCUT2D eigenvalue weighted by molar-refractivity contribution is 5.99. The average Bonchev–Trinajstić information content (AvgIpc) is 3.40. The first-order chi connectivity index (χ1) is 34.5. The molecule has 1 nitrogen and oxygen atoms in total. The Kier molecular flexibility index (Phi) is 5.67. The lowest BCUT2D eigenvalue weighted by Crippen LogP contribution is -2.10. The molecule has 0 spiro atoms. The van der Waals surface area contributed by atoms with Crippen LogP contribution in [-0.2, 0) is 0 Å². The average molecular weight is 741 g/mol. The van der Waals surface area contributed by atoms with E-state index in [0.29, 0.717) is 16.7 Å². The van der Waals surface area contributed by atoms with E-state index in [9.17, 15) is 12.3 Å². The van der Waals surface area contributed by atoms with Gasteiger partial charge in [0.05, 0.1) is 26.2 Å². The topological polar surface area (TPSA) is 3.24 Å². The van der Waals surface area contributed by atoms with Crippen LogP contribution in [0.1, 0.15) is 20.6 Å². The molecule has 0 aliphatic rings. The van der Waals surface area contributed by atoms with E-state index in [4.69, 9.17) is 8.22 Å². The van der Waals surface area contributed by atoms with Gasteiger partial charge in [0.15, 0.2) is 0 Å². The van der Waals surface area contributed by atoms with Crippen molar-refractivity contribution >= 4 is 38.6 Å². The molecule has 0 aliphatic carbocycles. The summed E-state index contributed by atoms with van der Waals surface area (Å²) in [7, 11) is 0. The zero-order chi connectivity index (χ0) is 51.0. The fraction of sp³-hybridized carbons (Fsp3) is 0. The van der Waals surface area contributed by atoms with Crippen molar-refractivity contribution in [2.24, 2.45) is 0 Å². The lowest BCUT2D eigenvalue weighted by atomic mass is 9.91. The van der Waals surface area contributed by atoms with E-state index in [1.165, 1.54) is 0 Å². The Bertz CT molecular complexity index is 3810. The van der Waals surface area contributed by atoms with Crippen LogP contribution in [0.15, 0.2) is 236 Å². The van der Waals surface area contributed by atoms with Gasteiger partial charge in [-0.25, -0.2) is 0 Å². The summed E-state index contributed by atoms with van der Waals surface area (Å²) in [6.45, 7) is 0. The van der Waals surface area contributed by atoms with E-state index in [-0.39, 0.29) is 11.1 Å². The molecule has 0 bridgehead atoms. The van der Waals surface area contributed by atoms with Gasteiger partial charge >= 0.3 is 0 Å². The van der Waals surface area contributed by atoms with Crippen molar-refractivity contribution in [2.45, 2.75) is 0 Å². The number of fused-ring (bicyclic) bond motifs is 2. The molecule has 0 radical (unpaired) electrons. The summed E-state index contributed by atoms with van der Waals surface area (Å²) in [5.74, 6) is 0. The van der Waals surface area contributed by atoms with Crippen LogP contribution in [0, 0.1) is 0 Å². The second kappa shape index (κ2) is 15.0. The lowest BCUT2D eigenvalue weighted by molar-refractivity contribution is 1.30. The minimum absolute atomic E-state index is 0.125. The smallest absolute Gasteiger partial charge is 0.0645 e. The summed E-state index contributed by atoms with van der Waals surface area (Å²) < 4.78 is 139. The molecule has 10 rings (SSSR count). The lowest BCUT2D eigenvalue weighted by Gasteiger charge is -2.27. The fourth-order valence-electron chi connectivity index (χ4n) is 7.08. The highest BCUT2D eigenvalue weighted by Crippen LogP contribution is 2.41. The van der Waals surface area contributed by atoms with Gasteiger partial charge in [0.25, 0.3) is 0 Å². The van der Waals surface area contributed by atoms with Gasteiger partial charge in [0.1, 0.15) is 0 Å². The van der Waals surface area contributed by atoms with E-state index in [1.807, 2.05) is 115 Å². The maximum Gasteiger partial charge on any atom is 0.0645 e. The van der Waals surface area contributed by atoms with Crippen LogP contribution in [-0.4, -0.2) is 0 Å². The Balaban J connectivity index is 1.25. The van der Waals surface area contributed by atoms with E-state index in [0.717, 1.165) is 43.5 Å². The van der Waals surface area contributed by atoms with Gasteiger partial charge in [0, 0.05) is 16.8 Å². The SMILES string of the molecule is [2H]c1c([2H])c(N(c2c([2H])c([2H])c(-c3ccc(-c4ccccc4)c(-c4ccccc4)c3)c([2H])c2[2H])c2c([2H])c([2H])c([2H])c3c([2H])c([2H])c([2H])c([2H])c23)c([2H])c([2H])c1-c1cccc(-c2ccc3ccccc3c2)c1. The zero-order valence-electron chi connectivity index (χ0n) is 45.3. The van der Waals surface area contributed by atoms with Gasteiger partial charge in [-0.3, -0.25) is 0 Å². The molecule has 10 aromatic carbocycles. The first kappa shape index (κ1) is 21.6. The predicted octanol–water partition coefficient (Wildman–Crippen LogP) is 15.8. The van der Waals surface area contributed by atoms with Crippen LogP contribution in [0.2, 0.25) is 0 Å². The molecule has 0 saturated heterocycles. The molecule has 0 saturated carbocycles. The first-order valence-corrected chi connectivity index (χ1v) is 18.4. The third kappa shape index (κ3) is 6.77. The molecule has 0 aromatic heterocycles. The Morgan fingerprint density at radius 1 is 0.298 bits per heavy atom. The van der Waals surface area contributed by atoms with Crippen molar-refractivity contribution < 1.29 is 20.6 Å². The predicted molar refractivity (Wildman–Crippen MR) is 243 cm³/mol. The Hall–Kier alpha value is -7.48. The second-order valence-electron chi connectivity index (χ2n) is 13.4. The summed E-state index contributed by atoms with van der Waals surface area (Å²) in [6.07, 6.45) is 0. The molecule has 57 heavy (non-hydrogen) atoms. The monoisotopic (exact) mass is 740 g/mol. The largest absolute Gasteiger partial charge is 0.310 e. The molecular weight excluding hydrogens is 687 g/mol. The normalized spacial score (nSPS) is 14.8. The van der Waals surface area contributed by atoms with Crippen molar-refractivity contribution in [3.05, 3.63) is 236 Å². The second-order valence-corrected chi connectivity index (χ2v) is 13.4. The first-order valence-electron chi connectivity index (χ1n) is 25.9.